The van der Waals surface area contributed by atoms with Crippen molar-refractivity contribution in [3.63, 3.8) is 0 Å². The summed E-state index contributed by atoms with van der Waals surface area (Å²) in [6, 6.07) is 18.8. The molecule has 2 nitrogen and oxygen atoms in total. The number of rotatable bonds is 80. The molecule has 0 fully saturated rings. The van der Waals surface area contributed by atoms with E-state index in [1.54, 1.807) is 0 Å². The maximum atomic E-state index is 9.90. The molecule has 0 spiro atoms. The summed E-state index contributed by atoms with van der Waals surface area (Å²) in [4.78, 5) is 3.55. The van der Waals surface area contributed by atoms with Crippen LogP contribution in [0, 0.1) is 13.8 Å². The number of benzene rings is 2. The number of hydrogen-bond donors (Lipinski definition) is 0. The Morgan fingerprint density at radius 2 is 0.462 bits per heavy atom. The summed E-state index contributed by atoms with van der Waals surface area (Å²) in [5, 5.41) is 0. The van der Waals surface area contributed by atoms with Crippen LogP contribution < -0.4 is 0 Å². The summed E-state index contributed by atoms with van der Waals surface area (Å²) in [5.74, 6) is 3.12. The van der Waals surface area contributed by atoms with Gasteiger partial charge < -0.3 is 19.4 Å². The van der Waals surface area contributed by atoms with Crippen LogP contribution in [0.25, 0.3) is 11.1 Å². The van der Waals surface area contributed by atoms with Crippen LogP contribution in [0.5, 0.6) is 0 Å². The van der Waals surface area contributed by atoms with Crippen LogP contribution in [0.4, 0.5) is 0 Å². The molecule has 0 unspecified atom stereocenters. The summed E-state index contributed by atoms with van der Waals surface area (Å²) in [6.07, 6.45) is 109. The van der Waals surface area contributed by atoms with Gasteiger partial charge in [0.15, 0.2) is 0 Å². The van der Waals surface area contributed by atoms with Gasteiger partial charge in [-0.2, -0.15) is 12.8 Å². The number of nitrogens with zero attached hydrogens (tertiary/aromatic N) is 2. The van der Waals surface area contributed by atoms with Gasteiger partial charge in [0, 0.05) is 0 Å². The molecule has 106 heavy (non-hydrogen) atoms. The Morgan fingerprint density at radius 1 is 0.264 bits per heavy atom. The van der Waals surface area contributed by atoms with Crippen molar-refractivity contribution in [1.82, 2.24) is 0 Å². The third-order valence-electron chi connectivity index (χ3n) is 22.9. The van der Waals surface area contributed by atoms with E-state index in [0.29, 0.717) is 0 Å². The molecule has 0 N–H and O–H groups in total. The standard InChI is InChI=1S/C55H90N2.2C24H49.Ni/c1-5-9-13-15-17-18-19-20-21-22-23-24-25-26-27-28-29-30-34-39-50-41-37-44-52(47-50)55(51-43-36-40-49(46-51)38-32-11-7-3)54(45-35-31-16-14-10-6-2)53(48-57-56)42-33-12-8-4;2*1-3-5-7-9-11-13-15-17-19-21-23-24-22-20-18-16-14-12-10-8-6-4-2;/h36-37,40-41,43-44,46-47H,5-35,38-39,42,45H2,1-4H3;2*1,3-24H2,2H3;/q;2*-1;+2. The zero-order chi connectivity index (χ0) is 76.0. The Labute approximate surface area is 678 Å². The quantitative estimate of drug-likeness (QED) is 0.0120. The van der Waals surface area contributed by atoms with Gasteiger partial charge >= 0.3 is 22.4 Å². The van der Waals surface area contributed by atoms with E-state index in [1.807, 2.05) is 0 Å². The van der Waals surface area contributed by atoms with E-state index in [-0.39, 0.29) is 16.5 Å². The molecule has 2 aromatic rings. The fourth-order valence-electron chi connectivity index (χ4n) is 15.9. The second-order valence-corrected chi connectivity index (χ2v) is 33.3. The molecule has 0 atom stereocenters. The van der Waals surface area contributed by atoms with Gasteiger partial charge in [0.25, 0.3) is 0 Å². The third kappa shape index (κ3) is 74.6. The van der Waals surface area contributed by atoms with Crippen molar-refractivity contribution < 1.29 is 21.3 Å². The predicted molar refractivity (Wildman–Crippen MR) is 479 cm³/mol. The van der Waals surface area contributed by atoms with E-state index in [1.165, 1.54) is 489 Å². The maximum Gasteiger partial charge on any atom is 2.00 e. The van der Waals surface area contributed by atoms with Crippen molar-refractivity contribution in [2.45, 2.75) is 549 Å². The van der Waals surface area contributed by atoms with Crippen LogP contribution in [0.15, 0.2) is 59.7 Å². The molecular weight excluding hydrogens is 1320 g/mol. The molecule has 0 bridgehead atoms. The molecular formula is C103H188N2Ni. The molecule has 0 aliphatic rings. The van der Waals surface area contributed by atoms with Crippen LogP contribution in [0.2, 0.25) is 0 Å². The fourth-order valence-corrected chi connectivity index (χ4v) is 15.9. The molecule has 0 saturated carbocycles. The molecule has 2 aromatic carbocycles. The second-order valence-electron chi connectivity index (χ2n) is 33.3. The minimum atomic E-state index is 0. The van der Waals surface area contributed by atoms with Crippen LogP contribution >= 0.6 is 0 Å². The third-order valence-corrected chi connectivity index (χ3v) is 22.9. The van der Waals surface area contributed by atoms with Crippen LogP contribution in [-0.4, -0.2) is 10.7 Å². The Kier molecular flexibility index (Phi) is 91.6. The van der Waals surface area contributed by atoms with E-state index in [9.17, 15) is 5.53 Å². The summed E-state index contributed by atoms with van der Waals surface area (Å²) in [6.45, 7) is 21.6. The van der Waals surface area contributed by atoms with E-state index in [4.69, 9.17) is 0 Å². The smallest absolute Gasteiger partial charge is 0.348 e. The molecule has 0 heterocycles. The normalized spacial score (nSPS) is 11.4. The van der Waals surface area contributed by atoms with Gasteiger partial charge in [0.2, 0.25) is 0 Å². The van der Waals surface area contributed by atoms with Crippen molar-refractivity contribution in [3.8, 4) is 0 Å². The molecule has 0 saturated heterocycles. The van der Waals surface area contributed by atoms with Gasteiger partial charge in [-0.1, -0.05) is 533 Å². The van der Waals surface area contributed by atoms with E-state index in [2.05, 4.69) is 115 Å². The molecule has 2 rings (SSSR count). The molecule has 3 heteroatoms. The molecule has 0 aliphatic carbocycles. The molecule has 0 amide bonds. The Morgan fingerprint density at radius 3 is 0.708 bits per heavy atom. The Hall–Kier alpha value is -2.17. The van der Waals surface area contributed by atoms with Crippen LogP contribution in [0.3, 0.4) is 0 Å². The predicted octanol–water partition coefficient (Wildman–Crippen LogP) is 37.2. The summed E-state index contributed by atoms with van der Waals surface area (Å²) in [5.41, 5.74) is 19.1. The maximum absolute atomic E-state index is 9.90. The first-order valence-electron chi connectivity index (χ1n) is 48.5. The van der Waals surface area contributed by atoms with Crippen LogP contribution in [0.1, 0.15) is 558 Å². The first kappa shape index (κ1) is 106. The largest absolute Gasteiger partial charge is 2.00 e. The summed E-state index contributed by atoms with van der Waals surface area (Å²) >= 11 is 0. The van der Waals surface area contributed by atoms with Gasteiger partial charge in [0.05, 0.1) is 5.57 Å². The Bertz CT molecular complexity index is 2030. The molecule has 0 aliphatic heterocycles. The number of unbranched alkanes of at least 4 members (excludes halogenated alkanes) is 69. The first-order valence-corrected chi connectivity index (χ1v) is 48.5. The number of hydrogen-bond acceptors (Lipinski definition) is 0. The minimum absolute atomic E-state index is 0. The fraction of sp³-hybridized carbons (Fsp3) is 0.825. The van der Waals surface area contributed by atoms with Crippen molar-refractivity contribution >= 4 is 11.4 Å². The average molecular weight is 1510 g/mol. The van der Waals surface area contributed by atoms with Crippen molar-refractivity contribution in [2.75, 3.05) is 0 Å². The Balaban J connectivity index is 0. The van der Waals surface area contributed by atoms with Gasteiger partial charge in [-0.3, -0.25) is 0 Å². The van der Waals surface area contributed by atoms with E-state index < -0.39 is 0 Å². The zero-order valence-electron chi connectivity index (χ0n) is 73.1. The van der Waals surface area contributed by atoms with Gasteiger partial charge in [-0.15, -0.1) is 4.79 Å². The summed E-state index contributed by atoms with van der Waals surface area (Å²) < 4.78 is 0. The van der Waals surface area contributed by atoms with Gasteiger partial charge in [-0.25, -0.2) is 0 Å². The molecule has 0 radical (unpaired) electrons. The molecule has 0 aromatic heterocycles. The van der Waals surface area contributed by atoms with Crippen molar-refractivity contribution in [2.24, 2.45) is 0 Å². The van der Waals surface area contributed by atoms with Gasteiger partial charge in [-0.05, 0) is 84.8 Å². The van der Waals surface area contributed by atoms with Gasteiger partial charge in [0.1, 0.15) is 0 Å². The van der Waals surface area contributed by atoms with Crippen molar-refractivity contribution in [3.05, 3.63) is 101 Å². The topological polar surface area (TPSA) is 36.4 Å². The van der Waals surface area contributed by atoms with Crippen LogP contribution in [-0.2, 0) is 29.3 Å². The zero-order valence-corrected chi connectivity index (χ0v) is 74.1. The SMILES string of the molecule is CCCCCCCCCCCCCCCCCCCCCc1cccc(C(=C(CCCCCCCC)C(=C=[N+]=[N-])CCCCC)c2cccc(CCCCC)c2)c1.[CH2-]CCCCCCCCCCCCCCCCCCCCCCC.[CH2-]CCCCCCCCCCCCCCCCCCCCCCC.[Ni+2]. The number of aryl methyl sites for hydroxylation is 2. The van der Waals surface area contributed by atoms with E-state index in [0.717, 1.165) is 56.9 Å². The second kappa shape index (κ2) is 91.7. The van der Waals surface area contributed by atoms with Crippen molar-refractivity contribution in [1.29, 1.82) is 0 Å². The number of allylic oxidation sites excluding steroid dienone is 2. The average Bonchev–Trinajstić information content (AvgIpc) is 0.800. The summed E-state index contributed by atoms with van der Waals surface area (Å²) in [7, 11) is 0. The first-order chi connectivity index (χ1) is 52.0. The molecule has 620 valence electrons. The van der Waals surface area contributed by atoms with E-state index >= 15 is 0 Å². The minimum Gasteiger partial charge on any atom is -0.348 e. The monoisotopic (exact) mass is 1510 g/mol.